The standard InChI is InChI=1S/C4H9N.C4H11N/c1-3-4-5-2;1-3-5-4-2/h4H,3H2,1-2H3;5H,3-4H2,1-2H3. The average molecular weight is 144 g/mol. The zero-order valence-corrected chi connectivity index (χ0v) is 7.65. The molecule has 0 atom stereocenters. The van der Waals surface area contributed by atoms with Crippen LogP contribution in [0.4, 0.5) is 0 Å². The van der Waals surface area contributed by atoms with E-state index in [9.17, 15) is 0 Å². The summed E-state index contributed by atoms with van der Waals surface area (Å²) in [7, 11) is 1.78. The van der Waals surface area contributed by atoms with E-state index in [-0.39, 0.29) is 0 Å². The Kier molecular flexibility index (Phi) is 19.5. The van der Waals surface area contributed by atoms with Crippen molar-refractivity contribution in [1.29, 1.82) is 0 Å². The molecule has 0 amide bonds. The van der Waals surface area contributed by atoms with Crippen molar-refractivity contribution in [3.05, 3.63) is 0 Å². The lowest BCUT2D eigenvalue weighted by molar-refractivity contribution is 0.762. The van der Waals surface area contributed by atoms with Crippen molar-refractivity contribution in [2.75, 3.05) is 20.1 Å². The molecule has 0 spiro atoms. The summed E-state index contributed by atoms with van der Waals surface area (Å²) >= 11 is 0. The third-order valence-electron chi connectivity index (χ3n) is 0.865. The molecule has 0 aromatic carbocycles. The molecule has 0 heterocycles. The van der Waals surface area contributed by atoms with Gasteiger partial charge in [0.2, 0.25) is 0 Å². The normalized spacial score (nSPS) is 9.20. The topological polar surface area (TPSA) is 24.4 Å². The van der Waals surface area contributed by atoms with E-state index in [0.29, 0.717) is 0 Å². The fraction of sp³-hybridized carbons (Fsp3) is 0.875. The first-order valence-electron chi connectivity index (χ1n) is 3.94. The van der Waals surface area contributed by atoms with Crippen LogP contribution in [0.25, 0.3) is 0 Å². The molecule has 0 saturated carbocycles. The van der Waals surface area contributed by atoms with E-state index in [1.807, 2.05) is 6.21 Å². The first-order valence-corrected chi connectivity index (χ1v) is 3.94. The molecule has 2 heteroatoms. The Bertz CT molecular complexity index is 58.3. The van der Waals surface area contributed by atoms with Crippen LogP contribution in [-0.4, -0.2) is 26.4 Å². The zero-order valence-electron chi connectivity index (χ0n) is 7.65. The van der Waals surface area contributed by atoms with Crippen LogP contribution >= 0.6 is 0 Å². The Morgan fingerprint density at radius 1 is 1.20 bits per heavy atom. The van der Waals surface area contributed by atoms with Crippen LogP contribution in [0.2, 0.25) is 0 Å². The van der Waals surface area contributed by atoms with Gasteiger partial charge in [0.1, 0.15) is 0 Å². The molecule has 0 rings (SSSR count). The highest BCUT2D eigenvalue weighted by Crippen LogP contribution is 1.60. The molecule has 0 saturated heterocycles. The molecule has 0 radical (unpaired) electrons. The highest BCUT2D eigenvalue weighted by Gasteiger charge is 1.62. The second-order valence-corrected chi connectivity index (χ2v) is 1.81. The minimum atomic E-state index is 1.05. The van der Waals surface area contributed by atoms with Crippen LogP contribution in [0.3, 0.4) is 0 Å². The summed E-state index contributed by atoms with van der Waals surface area (Å²) in [4.78, 5) is 3.73. The summed E-state index contributed by atoms with van der Waals surface area (Å²) < 4.78 is 0. The molecule has 1 N–H and O–H groups in total. The van der Waals surface area contributed by atoms with Gasteiger partial charge in [-0.15, -0.1) is 0 Å². The van der Waals surface area contributed by atoms with Gasteiger partial charge in [0.25, 0.3) is 0 Å². The van der Waals surface area contributed by atoms with Gasteiger partial charge in [-0.3, -0.25) is 0 Å². The van der Waals surface area contributed by atoms with Gasteiger partial charge < -0.3 is 10.3 Å². The molecule has 0 aromatic rings. The molecular formula is C8H20N2. The van der Waals surface area contributed by atoms with Crippen molar-refractivity contribution >= 4 is 6.21 Å². The molecule has 0 aromatic heterocycles. The molecule has 10 heavy (non-hydrogen) atoms. The third-order valence-corrected chi connectivity index (χ3v) is 0.865. The summed E-state index contributed by atoms with van der Waals surface area (Å²) in [5.41, 5.74) is 0. The fourth-order valence-corrected chi connectivity index (χ4v) is 0.433. The van der Waals surface area contributed by atoms with Gasteiger partial charge >= 0.3 is 0 Å². The van der Waals surface area contributed by atoms with Crippen molar-refractivity contribution in [2.45, 2.75) is 27.2 Å². The van der Waals surface area contributed by atoms with Crippen molar-refractivity contribution < 1.29 is 0 Å². The van der Waals surface area contributed by atoms with E-state index in [0.717, 1.165) is 19.5 Å². The molecule has 0 aliphatic heterocycles. The van der Waals surface area contributed by atoms with Gasteiger partial charge in [-0.05, 0) is 25.7 Å². The van der Waals surface area contributed by atoms with Crippen LogP contribution in [0.15, 0.2) is 4.99 Å². The second-order valence-electron chi connectivity index (χ2n) is 1.81. The minimum absolute atomic E-state index is 1.05. The molecule has 0 fully saturated rings. The minimum Gasteiger partial charge on any atom is -0.317 e. The van der Waals surface area contributed by atoms with Gasteiger partial charge in [0.15, 0.2) is 0 Å². The lowest BCUT2D eigenvalue weighted by Crippen LogP contribution is -2.09. The van der Waals surface area contributed by atoms with E-state index < -0.39 is 0 Å². The lowest BCUT2D eigenvalue weighted by Gasteiger charge is -1.86. The van der Waals surface area contributed by atoms with Gasteiger partial charge in [-0.2, -0.15) is 0 Å². The van der Waals surface area contributed by atoms with Gasteiger partial charge in [0, 0.05) is 7.05 Å². The monoisotopic (exact) mass is 144 g/mol. The third kappa shape index (κ3) is 25.5. The maximum Gasteiger partial charge on any atom is 0.0273 e. The number of hydrogen-bond acceptors (Lipinski definition) is 2. The van der Waals surface area contributed by atoms with Crippen LogP contribution < -0.4 is 5.32 Å². The van der Waals surface area contributed by atoms with Crippen molar-refractivity contribution in [2.24, 2.45) is 4.99 Å². The summed E-state index contributed by atoms with van der Waals surface area (Å²) in [6.45, 7) is 8.45. The predicted molar refractivity (Wildman–Crippen MR) is 48.9 cm³/mol. The SMILES string of the molecule is CCC=NC.CCNCC. The largest absolute Gasteiger partial charge is 0.317 e. The lowest BCUT2D eigenvalue weighted by atomic mass is 10.5. The van der Waals surface area contributed by atoms with Crippen LogP contribution in [-0.2, 0) is 0 Å². The van der Waals surface area contributed by atoms with Crippen LogP contribution in [0.1, 0.15) is 27.2 Å². The quantitative estimate of drug-likeness (QED) is 0.599. The van der Waals surface area contributed by atoms with E-state index >= 15 is 0 Å². The van der Waals surface area contributed by atoms with E-state index in [4.69, 9.17) is 0 Å². The van der Waals surface area contributed by atoms with E-state index in [1.54, 1.807) is 7.05 Å². The van der Waals surface area contributed by atoms with E-state index in [1.165, 1.54) is 0 Å². The van der Waals surface area contributed by atoms with Crippen LogP contribution in [0.5, 0.6) is 0 Å². The summed E-state index contributed by atoms with van der Waals surface area (Å²) in [5.74, 6) is 0. The highest BCUT2D eigenvalue weighted by molar-refractivity contribution is 5.56. The smallest absolute Gasteiger partial charge is 0.0273 e. The van der Waals surface area contributed by atoms with Gasteiger partial charge in [0.05, 0.1) is 0 Å². The number of rotatable bonds is 3. The molecule has 0 bridgehead atoms. The molecule has 0 unspecified atom stereocenters. The number of nitrogens with zero attached hydrogens (tertiary/aromatic N) is 1. The Labute approximate surface area is 64.7 Å². The van der Waals surface area contributed by atoms with Crippen molar-refractivity contribution in [3.63, 3.8) is 0 Å². The Hall–Kier alpha value is -0.370. The predicted octanol–water partition coefficient (Wildman–Crippen LogP) is 1.71. The van der Waals surface area contributed by atoms with Gasteiger partial charge in [-0.1, -0.05) is 20.8 Å². The maximum absolute atomic E-state index is 3.73. The van der Waals surface area contributed by atoms with Crippen molar-refractivity contribution in [3.8, 4) is 0 Å². The Balaban J connectivity index is 0. The average Bonchev–Trinajstić information content (AvgIpc) is 1.93. The Morgan fingerprint density at radius 2 is 1.70 bits per heavy atom. The summed E-state index contributed by atoms with van der Waals surface area (Å²) in [6, 6.07) is 0. The first kappa shape index (κ1) is 12.3. The number of nitrogens with one attached hydrogen (secondary N) is 1. The fourth-order valence-electron chi connectivity index (χ4n) is 0.433. The van der Waals surface area contributed by atoms with Crippen LogP contribution in [0, 0.1) is 0 Å². The Morgan fingerprint density at radius 3 is 1.70 bits per heavy atom. The maximum atomic E-state index is 3.73. The molecule has 62 valence electrons. The summed E-state index contributed by atoms with van der Waals surface area (Å²) in [5, 5.41) is 3.11. The molecule has 2 nitrogen and oxygen atoms in total. The number of hydrogen-bond donors (Lipinski definition) is 1. The zero-order chi connectivity index (χ0) is 8.24. The van der Waals surface area contributed by atoms with Crippen molar-refractivity contribution in [1.82, 2.24) is 5.32 Å². The molecule has 0 aliphatic rings. The first-order chi connectivity index (χ1) is 4.83. The van der Waals surface area contributed by atoms with E-state index in [2.05, 4.69) is 31.1 Å². The number of aliphatic imine (C=N–C) groups is 1. The summed E-state index contributed by atoms with van der Waals surface area (Å²) in [6.07, 6.45) is 2.93. The molecule has 0 aliphatic carbocycles. The van der Waals surface area contributed by atoms with Gasteiger partial charge in [-0.25, -0.2) is 0 Å². The second kappa shape index (κ2) is 15.9. The molecular weight excluding hydrogens is 124 g/mol. The highest BCUT2D eigenvalue weighted by atomic mass is 14.8.